The highest BCUT2D eigenvalue weighted by molar-refractivity contribution is 6.04. The summed E-state index contributed by atoms with van der Waals surface area (Å²) in [6.45, 7) is 6.11. The summed E-state index contributed by atoms with van der Waals surface area (Å²) in [5, 5.41) is 2.86. The smallest absolute Gasteiger partial charge is 0.329 e. The Morgan fingerprint density at radius 3 is 2.96 bits per heavy atom. The highest BCUT2D eigenvalue weighted by Crippen LogP contribution is 2.40. The van der Waals surface area contributed by atoms with Gasteiger partial charge in [0.2, 0.25) is 0 Å². The Hall–Kier alpha value is -2.94. The van der Waals surface area contributed by atoms with Gasteiger partial charge < -0.3 is 14.5 Å². The number of pyridine rings is 1. The molecular weight excluding hydrogens is 358 g/mol. The summed E-state index contributed by atoms with van der Waals surface area (Å²) in [5.74, 6) is 2.04. The number of anilines is 4. The number of nitrogens with zero attached hydrogens (tertiary/aromatic N) is 6. The number of hydrogen-bond acceptors (Lipinski definition) is 7. The van der Waals surface area contributed by atoms with Gasteiger partial charge in [0.25, 0.3) is 0 Å². The van der Waals surface area contributed by atoms with Crippen LogP contribution in [0, 0.1) is 0 Å². The van der Waals surface area contributed by atoms with Crippen LogP contribution >= 0.6 is 0 Å². The first kappa shape index (κ1) is 17.2. The second kappa shape index (κ2) is 6.90. The first-order valence-electron chi connectivity index (χ1n) is 9.68. The van der Waals surface area contributed by atoms with Crippen molar-refractivity contribution < 1.29 is 9.53 Å². The largest absolute Gasteiger partial charge is 0.375 e. The molecular formula is C19H23N7O2. The van der Waals surface area contributed by atoms with Gasteiger partial charge in [-0.25, -0.2) is 14.8 Å². The predicted molar refractivity (Wildman–Crippen MR) is 106 cm³/mol. The predicted octanol–water partition coefficient (Wildman–Crippen LogP) is 1.73. The lowest BCUT2D eigenvalue weighted by Crippen LogP contribution is -2.49. The number of nitrogens with one attached hydrogen (secondary N) is 1. The number of amides is 2. The molecule has 1 unspecified atom stereocenters. The summed E-state index contributed by atoms with van der Waals surface area (Å²) in [5.41, 5.74) is 1.01. The molecule has 2 amide bonds. The topological polar surface area (TPSA) is 86.7 Å². The molecule has 0 radical (unpaired) electrons. The van der Waals surface area contributed by atoms with E-state index in [0.29, 0.717) is 18.2 Å². The van der Waals surface area contributed by atoms with Gasteiger partial charge >= 0.3 is 6.03 Å². The Balaban J connectivity index is 1.47. The van der Waals surface area contributed by atoms with E-state index in [1.807, 2.05) is 6.07 Å². The van der Waals surface area contributed by atoms with E-state index in [4.69, 9.17) is 9.72 Å². The van der Waals surface area contributed by atoms with Crippen LogP contribution in [0.25, 0.3) is 0 Å². The molecule has 1 N–H and O–H groups in total. The number of carbonyl (C=O) groups excluding carboxylic acids is 1. The van der Waals surface area contributed by atoms with Crippen molar-refractivity contribution in [1.82, 2.24) is 15.0 Å². The highest BCUT2D eigenvalue weighted by Gasteiger charge is 2.40. The van der Waals surface area contributed by atoms with Crippen LogP contribution in [0.5, 0.6) is 0 Å². The van der Waals surface area contributed by atoms with E-state index in [1.54, 1.807) is 23.5 Å². The molecule has 2 fully saturated rings. The summed E-state index contributed by atoms with van der Waals surface area (Å²) in [6, 6.07) is 4.03. The second-order valence-corrected chi connectivity index (χ2v) is 7.42. The quantitative estimate of drug-likeness (QED) is 0.848. The van der Waals surface area contributed by atoms with Crippen molar-refractivity contribution in [2.45, 2.75) is 25.5 Å². The number of urea groups is 1. The van der Waals surface area contributed by atoms with Gasteiger partial charge in [-0.1, -0.05) is 0 Å². The van der Waals surface area contributed by atoms with E-state index in [1.165, 1.54) is 0 Å². The first-order chi connectivity index (χ1) is 13.7. The van der Waals surface area contributed by atoms with Crippen LogP contribution in [0.1, 0.15) is 13.3 Å². The molecule has 0 saturated carbocycles. The van der Waals surface area contributed by atoms with Crippen LogP contribution in [0.15, 0.2) is 30.7 Å². The Kier molecular flexibility index (Phi) is 4.23. The molecule has 2 saturated heterocycles. The summed E-state index contributed by atoms with van der Waals surface area (Å²) < 4.78 is 5.65. The van der Waals surface area contributed by atoms with Gasteiger partial charge in [-0.3, -0.25) is 15.2 Å². The van der Waals surface area contributed by atoms with Crippen LogP contribution < -0.4 is 20.0 Å². The van der Waals surface area contributed by atoms with Crippen LogP contribution in [0.3, 0.4) is 0 Å². The monoisotopic (exact) mass is 381 g/mol. The Morgan fingerprint density at radius 1 is 1.21 bits per heavy atom. The van der Waals surface area contributed by atoms with Gasteiger partial charge in [-0.15, -0.1) is 0 Å². The average molecular weight is 381 g/mol. The second-order valence-electron chi connectivity index (χ2n) is 7.42. The molecule has 0 spiro atoms. The number of rotatable bonds is 2. The number of hydrogen-bond donors (Lipinski definition) is 1. The fourth-order valence-electron chi connectivity index (χ4n) is 4.20. The number of carbonyl (C=O) groups is 1. The van der Waals surface area contributed by atoms with E-state index in [9.17, 15) is 4.79 Å². The molecule has 2 bridgehead atoms. The van der Waals surface area contributed by atoms with Crippen molar-refractivity contribution in [2.75, 3.05) is 52.8 Å². The van der Waals surface area contributed by atoms with E-state index in [0.717, 1.165) is 44.1 Å². The van der Waals surface area contributed by atoms with E-state index in [2.05, 4.69) is 38.1 Å². The molecule has 9 heteroatoms. The normalized spacial score (nSPS) is 23.5. The molecule has 2 aromatic rings. The summed E-state index contributed by atoms with van der Waals surface area (Å²) >= 11 is 0. The molecule has 2 atom stereocenters. The Bertz CT molecular complexity index is 878. The van der Waals surface area contributed by atoms with Gasteiger partial charge in [0.1, 0.15) is 5.82 Å². The van der Waals surface area contributed by atoms with Gasteiger partial charge in [0.05, 0.1) is 30.6 Å². The minimum atomic E-state index is -0.215. The zero-order chi connectivity index (χ0) is 19.1. The number of ether oxygens (including phenoxy) is 1. The van der Waals surface area contributed by atoms with Crippen molar-refractivity contribution in [3.05, 3.63) is 30.7 Å². The van der Waals surface area contributed by atoms with Gasteiger partial charge in [-0.2, -0.15) is 0 Å². The molecule has 3 aliphatic heterocycles. The van der Waals surface area contributed by atoms with Crippen LogP contribution in [-0.4, -0.2) is 65.9 Å². The van der Waals surface area contributed by atoms with Crippen LogP contribution in [0.2, 0.25) is 0 Å². The van der Waals surface area contributed by atoms with Crippen molar-refractivity contribution in [3.63, 3.8) is 0 Å². The molecule has 0 aliphatic carbocycles. The lowest BCUT2D eigenvalue weighted by Gasteiger charge is -2.37. The standard InChI is InChI=1S/C19H23N7O2/c1-13-11-25(8-9-28-13)17-3-2-15-18(23-17)26(14-4-7-24(15)12-14)19(27)22-16-10-20-5-6-21-16/h2-3,5-6,10,13-14H,4,7-9,11-12H2,1H3,(H,21,22,27)/t13?,14-/m0/s1. The van der Waals surface area contributed by atoms with Crippen LogP contribution in [-0.2, 0) is 4.74 Å². The third kappa shape index (κ3) is 3.01. The lowest BCUT2D eigenvalue weighted by atomic mass is 10.2. The maximum absolute atomic E-state index is 13.1. The summed E-state index contributed by atoms with van der Waals surface area (Å²) in [6.07, 6.45) is 5.78. The number of fused-ring (bicyclic) bond motifs is 4. The third-order valence-electron chi connectivity index (χ3n) is 5.52. The highest BCUT2D eigenvalue weighted by atomic mass is 16.5. The lowest BCUT2D eigenvalue weighted by molar-refractivity contribution is 0.0529. The average Bonchev–Trinajstić information content (AvgIpc) is 3.13. The molecule has 2 aromatic heterocycles. The maximum atomic E-state index is 13.1. The summed E-state index contributed by atoms with van der Waals surface area (Å²) in [7, 11) is 0. The minimum absolute atomic E-state index is 0.107. The van der Waals surface area contributed by atoms with Gasteiger partial charge in [0, 0.05) is 38.6 Å². The SMILES string of the molecule is CC1CN(c2ccc3c(n2)N(C(=O)Nc2cnccn2)[C@H]2CCN3C2)CCO1. The molecule has 146 valence electrons. The van der Waals surface area contributed by atoms with Gasteiger partial charge in [-0.05, 0) is 25.5 Å². The summed E-state index contributed by atoms with van der Waals surface area (Å²) in [4.78, 5) is 32.5. The number of aromatic nitrogens is 3. The zero-order valence-corrected chi connectivity index (χ0v) is 15.8. The van der Waals surface area contributed by atoms with E-state index in [-0.39, 0.29) is 18.2 Å². The van der Waals surface area contributed by atoms with Crippen molar-refractivity contribution >= 4 is 29.2 Å². The molecule has 28 heavy (non-hydrogen) atoms. The van der Waals surface area contributed by atoms with Crippen LogP contribution in [0.4, 0.5) is 27.9 Å². The van der Waals surface area contributed by atoms with E-state index >= 15 is 0 Å². The Labute approximate surface area is 163 Å². The first-order valence-corrected chi connectivity index (χ1v) is 9.68. The number of morpholine rings is 1. The molecule has 9 nitrogen and oxygen atoms in total. The van der Waals surface area contributed by atoms with Crippen molar-refractivity contribution in [1.29, 1.82) is 0 Å². The van der Waals surface area contributed by atoms with Crippen molar-refractivity contribution in [3.8, 4) is 0 Å². The van der Waals surface area contributed by atoms with E-state index < -0.39 is 0 Å². The third-order valence-corrected chi connectivity index (χ3v) is 5.52. The molecule has 3 aliphatic rings. The zero-order valence-electron chi connectivity index (χ0n) is 15.8. The van der Waals surface area contributed by atoms with Crippen molar-refractivity contribution in [2.24, 2.45) is 0 Å². The molecule has 0 aromatic carbocycles. The Morgan fingerprint density at radius 2 is 2.14 bits per heavy atom. The fraction of sp³-hybridized carbons (Fsp3) is 0.474. The van der Waals surface area contributed by atoms with Gasteiger partial charge in [0.15, 0.2) is 11.6 Å². The molecule has 5 rings (SSSR count). The maximum Gasteiger partial charge on any atom is 0.329 e. The fourth-order valence-corrected chi connectivity index (χ4v) is 4.20. The minimum Gasteiger partial charge on any atom is -0.375 e. The molecule has 5 heterocycles.